The van der Waals surface area contributed by atoms with Crippen LogP contribution in [0.2, 0.25) is 0 Å². The number of pyridine rings is 1. The van der Waals surface area contributed by atoms with Crippen molar-refractivity contribution in [3.05, 3.63) is 29.6 Å². The van der Waals surface area contributed by atoms with E-state index < -0.39 is 17.7 Å². The number of likely N-dealkylation sites (tertiary alicyclic amines) is 1. The average Bonchev–Trinajstić information content (AvgIpc) is 2.49. The first-order valence-electron chi connectivity index (χ1n) is 6.95. The highest BCUT2D eigenvalue weighted by Crippen LogP contribution is 2.26. The van der Waals surface area contributed by atoms with E-state index in [2.05, 4.69) is 10.3 Å². The highest BCUT2D eigenvalue weighted by Gasteiger charge is 2.36. The van der Waals surface area contributed by atoms with Crippen LogP contribution in [0.5, 0.6) is 0 Å². The second-order valence-corrected chi connectivity index (χ2v) is 5.48. The van der Waals surface area contributed by atoms with Crippen molar-refractivity contribution >= 4 is 11.8 Å². The summed E-state index contributed by atoms with van der Waals surface area (Å²) >= 11 is 0. The summed E-state index contributed by atoms with van der Waals surface area (Å²) in [6.45, 7) is 0.872. The van der Waals surface area contributed by atoms with Gasteiger partial charge in [0.1, 0.15) is 0 Å². The number of carbonyl (C=O) groups is 2. The van der Waals surface area contributed by atoms with Crippen molar-refractivity contribution in [3.63, 3.8) is 0 Å². The molecule has 0 aromatic carbocycles. The number of fused-ring (bicyclic) bond motifs is 1. The van der Waals surface area contributed by atoms with Gasteiger partial charge in [-0.15, -0.1) is 0 Å². The van der Waals surface area contributed by atoms with E-state index >= 15 is 0 Å². The summed E-state index contributed by atoms with van der Waals surface area (Å²) in [4.78, 5) is 28.4. The van der Waals surface area contributed by atoms with Crippen LogP contribution in [0.1, 0.15) is 29.6 Å². The number of carbonyl (C=O) groups excluding carboxylic acids is 2. The van der Waals surface area contributed by atoms with Gasteiger partial charge in [0.05, 0.1) is 5.56 Å². The molecule has 0 aliphatic carbocycles. The Kier molecular flexibility index (Phi) is 3.57. The fraction of sp³-hybridized carbons (Fsp3) is 0.500. The van der Waals surface area contributed by atoms with Crippen LogP contribution < -0.4 is 5.32 Å². The zero-order valence-electron chi connectivity index (χ0n) is 11.3. The van der Waals surface area contributed by atoms with E-state index in [-0.39, 0.29) is 23.4 Å². The molecule has 0 spiro atoms. The molecular formula is C14H15F2N3O2. The molecule has 3 heterocycles. The van der Waals surface area contributed by atoms with E-state index in [1.54, 1.807) is 0 Å². The molecule has 1 N–H and O–H groups in total. The highest BCUT2D eigenvalue weighted by molar-refractivity contribution is 5.94. The molecule has 112 valence electrons. The molecule has 7 heteroatoms. The molecule has 0 saturated carbocycles. The summed E-state index contributed by atoms with van der Waals surface area (Å²) in [5, 5.41) is 2.92. The maximum atomic E-state index is 13.6. The van der Waals surface area contributed by atoms with E-state index in [0.717, 1.165) is 6.20 Å². The van der Waals surface area contributed by atoms with Gasteiger partial charge in [-0.05, 0) is 24.8 Å². The third-order valence-corrected chi connectivity index (χ3v) is 4.19. The first-order chi connectivity index (χ1) is 10.1. The van der Waals surface area contributed by atoms with Gasteiger partial charge in [0.15, 0.2) is 5.82 Å². The van der Waals surface area contributed by atoms with Crippen LogP contribution in [0.4, 0.5) is 8.78 Å². The van der Waals surface area contributed by atoms with Crippen LogP contribution in [-0.4, -0.2) is 40.8 Å². The van der Waals surface area contributed by atoms with Gasteiger partial charge < -0.3 is 10.2 Å². The number of amides is 2. The van der Waals surface area contributed by atoms with Gasteiger partial charge >= 0.3 is 0 Å². The van der Waals surface area contributed by atoms with Crippen molar-refractivity contribution in [2.24, 2.45) is 5.92 Å². The van der Waals surface area contributed by atoms with Crippen LogP contribution in [0.25, 0.3) is 0 Å². The molecule has 2 atom stereocenters. The molecule has 1 aromatic rings. The van der Waals surface area contributed by atoms with Gasteiger partial charge in [-0.1, -0.05) is 0 Å². The van der Waals surface area contributed by atoms with Crippen LogP contribution in [0.15, 0.2) is 12.3 Å². The van der Waals surface area contributed by atoms with Gasteiger partial charge in [0.25, 0.3) is 5.91 Å². The third-order valence-electron chi connectivity index (χ3n) is 4.19. The number of nitrogens with zero attached hydrogens (tertiary/aromatic N) is 2. The summed E-state index contributed by atoms with van der Waals surface area (Å²) in [5.74, 6) is -2.78. The van der Waals surface area contributed by atoms with E-state index in [4.69, 9.17) is 0 Å². The Labute approximate surface area is 120 Å². The van der Waals surface area contributed by atoms with Crippen LogP contribution in [0, 0.1) is 17.7 Å². The predicted molar refractivity (Wildman–Crippen MR) is 69.3 cm³/mol. The van der Waals surface area contributed by atoms with Crippen molar-refractivity contribution in [2.45, 2.75) is 25.3 Å². The number of hydrogen-bond acceptors (Lipinski definition) is 3. The van der Waals surface area contributed by atoms with Gasteiger partial charge in [0.2, 0.25) is 11.9 Å². The molecule has 2 unspecified atom stereocenters. The van der Waals surface area contributed by atoms with Gasteiger partial charge in [-0.3, -0.25) is 9.59 Å². The number of halogens is 2. The third kappa shape index (κ3) is 2.59. The average molecular weight is 295 g/mol. The Morgan fingerprint density at radius 2 is 2.19 bits per heavy atom. The summed E-state index contributed by atoms with van der Waals surface area (Å²) in [6.07, 6.45) is 2.88. The number of rotatable bonds is 1. The van der Waals surface area contributed by atoms with E-state index in [1.165, 1.54) is 11.0 Å². The van der Waals surface area contributed by atoms with Crippen LogP contribution in [-0.2, 0) is 4.79 Å². The fourth-order valence-electron chi connectivity index (χ4n) is 3.05. The van der Waals surface area contributed by atoms with Gasteiger partial charge in [0, 0.05) is 31.7 Å². The molecule has 1 aromatic heterocycles. The summed E-state index contributed by atoms with van der Waals surface area (Å²) < 4.78 is 26.8. The Morgan fingerprint density at radius 3 is 3.00 bits per heavy atom. The molecule has 3 rings (SSSR count). The quantitative estimate of drug-likeness (QED) is 0.789. The standard InChI is InChI=1S/C14H15F2N3O2/c15-12-9(3-5-17-13(12)16)14(21)19-6-4-10-8(7-19)1-2-11(20)18-10/h3,5,8,10H,1-2,4,6-7H2,(H,18,20). The Morgan fingerprint density at radius 1 is 1.38 bits per heavy atom. The topological polar surface area (TPSA) is 62.3 Å². The SMILES string of the molecule is O=C1CCC2CN(C(=O)c3ccnc(F)c3F)CCC2N1. The molecule has 0 radical (unpaired) electrons. The van der Waals surface area contributed by atoms with Gasteiger partial charge in [-0.25, -0.2) is 9.37 Å². The monoisotopic (exact) mass is 295 g/mol. The minimum absolute atomic E-state index is 0.0401. The zero-order chi connectivity index (χ0) is 15.0. The lowest BCUT2D eigenvalue weighted by Gasteiger charge is -2.41. The van der Waals surface area contributed by atoms with Crippen molar-refractivity contribution < 1.29 is 18.4 Å². The normalized spacial score (nSPS) is 25.2. The van der Waals surface area contributed by atoms with Crippen molar-refractivity contribution in [3.8, 4) is 0 Å². The maximum Gasteiger partial charge on any atom is 0.257 e. The smallest absolute Gasteiger partial charge is 0.257 e. The van der Waals surface area contributed by atoms with E-state index in [0.29, 0.717) is 32.4 Å². The Balaban J connectivity index is 1.75. The molecule has 2 aliphatic heterocycles. The lowest BCUT2D eigenvalue weighted by Crippen LogP contribution is -2.55. The number of nitrogens with one attached hydrogen (secondary N) is 1. The molecule has 2 fully saturated rings. The Bertz CT molecular complexity index is 594. The molecule has 2 saturated heterocycles. The summed E-state index contributed by atoms with van der Waals surface area (Å²) in [7, 11) is 0. The van der Waals surface area contributed by atoms with Crippen molar-refractivity contribution in [1.29, 1.82) is 0 Å². The van der Waals surface area contributed by atoms with E-state index in [9.17, 15) is 18.4 Å². The Hall–Kier alpha value is -2.05. The molecule has 21 heavy (non-hydrogen) atoms. The molecule has 2 amide bonds. The lowest BCUT2D eigenvalue weighted by molar-refractivity contribution is -0.125. The second kappa shape index (κ2) is 5.38. The van der Waals surface area contributed by atoms with Crippen molar-refractivity contribution in [1.82, 2.24) is 15.2 Å². The highest BCUT2D eigenvalue weighted by atomic mass is 19.2. The number of piperidine rings is 2. The lowest BCUT2D eigenvalue weighted by atomic mass is 9.85. The second-order valence-electron chi connectivity index (χ2n) is 5.48. The van der Waals surface area contributed by atoms with E-state index in [1.807, 2.05) is 0 Å². The van der Waals surface area contributed by atoms with Crippen LogP contribution in [0.3, 0.4) is 0 Å². The van der Waals surface area contributed by atoms with Crippen LogP contribution >= 0.6 is 0 Å². The minimum Gasteiger partial charge on any atom is -0.353 e. The molecule has 0 bridgehead atoms. The molecule has 5 nitrogen and oxygen atoms in total. The maximum absolute atomic E-state index is 13.6. The van der Waals surface area contributed by atoms with Gasteiger partial charge in [-0.2, -0.15) is 4.39 Å². The summed E-state index contributed by atoms with van der Waals surface area (Å²) in [5.41, 5.74) is -0.291. The summed E-state index contributed by atoms with van der Waals surface area (Å²) in [6, 6.07) is 1.27. The number of aromatic nitrogens is 1. The van der Waals surface area contributed by atoms with Crippen molar-refractivity contribution in [2.75, 3.05) is 13.1 Å². The predicted octanol–water partition coefficient (Wildman–Crippen LogP) is 1.10. The zero-order valence-corrected chi connectivity index (χ0v) is 11.3. The molecular weight excluding hydrogens is 280 g/mol. The minimum atomic E-state index is -1.26. The fourth-order valence-corrected chi connectivity index (χ4v) is 3.05. The first kappa shape index (κ1) is 13.9. The molecule has 2 aliphatic rings. The largest absolute Gasteiger partial charge is 0.353 e. The first-order valence-corrected chi connectivity index (χ1v) is 6.95. The number of hydrogen-bond donors (Lipinski definition) is 1.